The van der Waals surface area contributed by atoms with Gasteiger partial charge >= 0.3 is 0 Å². The molecule has 3 aromatic carbocycles. The largest absolute Gasteiger partial charge is 0.493 e. The molecule has 1 aromatic heterocycles. The predicted octanol–water partition coefficient (Wildman–Crippen LogP) is 5.00. The Bertz CT molecular complexity index is 1460. The van der Waals surface area contributed by atoms with Crippen molar-refractivity contribution in [3.05, 3.63) is 95.1 Å². The van der Waals surface area contributed by atoms with Crippen molar-refractivity contribution in [1.82, 2.24) is 14.8 Å². The first-order valence-electron chi connectivity index (χ1n) is 11.3. The molecule has 8 nitrogen and oxygen atoms in total. The highest BCUT2D eigenvalue weighted by atomic mass is 19.1. The molecular formula is C27H23FN4O4. The maximum absolute atomic E-state index is 13.9. The monoisotopic (exact) mass is 486 g/mol. The Morgan fingerprint density at radius 2 is 1.64 bits per heavy atom. The molecule has 36 heavy (non-hydrogen) atoms. The van der Waals surface area contributed by atoms with Crippen molar-refractivity contribution in [2.45, 2.75) is 12.1 Å². The average Bonchev–Trinajstić information content (AvgIpc) is 3.39. The third-order valence-corrected chi connectivity index (χ3v) is 6.50. The number of anilines is 1. The summed E-state index contributed by atoms with van der Waals surface area (Å²) in [6, 6.07) is 17.6. The highest BCUT2D eigenvalue weighted by molar-refractivity contribution is 5.85. The molecule has 0 radical (unpaired) electrons. The molecule has 2 atom stereocenters. The van der Waals surface area contributed by atoms with Gasteiger partial charge in [0.25, 0.3) is 0 Å². The van der Waals surface area contributed by atoms with Gasteiger partial charge in [-0.3, -0.25) is 0 Å². The van der Waals surface area contributed by atoms with Crippen LogP contribution < -0.4 is 24.3 Å². The van der Waals surface area contributed by atoms with Crippen molar-refractivity contribution in [2.24, 2.45) is 0 Å². The van der Waals surface area contributed by atoms with Gasteiger partial charge in [0.2, 0.25) is 11.7 Å². The van der Waals surface area contributed by atoms with Crippen LogP contribution in [0.3, 0.4) is 0 Å². The van der Waals surface area contributed by atoms with Crippen LogP contribution in [0, 0.1) is 5.82 Å². The van der Waals surface area contributed by atoms with Crippen molar-refractivity contribution in [3.63, 3.8) is 0 Å². The summed E-state index contributed by atoms with van der Waals surface area (Å²) in [5.74, 6) is 2.51. The van der Waals surface area contributed by atoms with Crippen molar-refractivity contribution < 1.29 is 23.3 Å². The number of hydrogen-bond donors (Lipinski definition) is 1. The van der Waals surface area contributed by atoms with Gasteiger partial charge in [-0.2, -0.15) is 10.1 Å². The number of fused-ring (bicyclic) bond motifs is 3. The highest BCUT2D eigenvalue weighted by Gasteiger charge is 2.41. The van der Waals surface area contributed by atoms with Crippen LogP contribution in [0.2, 0.25) is 0 Å². The molecule has 0 spiro atoms. The van der Waals surface area contributed by atoms with Gasteiger partial charge in [-0.15, -0.1) is 0 Å². The van der Waals surface area contributed by atoms with Crippen molar-refractivity contribution in [1.29, 1.82) is 0 Å². The molecule has 1 N–H and O–H groups in total. The molecule has 4 aromatic rings. The average molecular weight is 487 g/mol. The van der Waals surface area contributed by atoms with Crippen molar-refractivity contribution in [3.8, 4) is 23.0 Å². The van der Waals surface area contributed by atoms with Crippen LogP contribution in [-0.4, -0.2) is 36.1 Å². The fourth-order valence-electron chi connectivity index (χ4n) is 4.91. The standard InChI is InChI=1S/C27H23FN4O4/c1-33-20-12-16(13-21(34-2)26(20)35-3)25-22-23(18-6-4-5-7-19(18)36-25)31-27-29-14-30-32(27)24(22)15-8-10-17(28)11-9-15/h4-14,24-25H,1-3H3,(H,29,30,31)/t24-,25+/m1/s1. The van der Waals surface area contributed by atoms with Gasteiger partial charge in [0.15, 0.2) is 11.5 Å². The lowest BCUT2D eigenvalue weighted by Crippen LogP contribution is -2.32. The second-order valence-electron chi connectivity index (χ2n) is 8.39. The summed E-state index contributed by atoms with van der Waals surface area (Å²) in [6.45, 7) is 0. The van der Waals surface area contributed by atoms with Crippen LogP contribution in [0.4, 0.5) is 10.3 Å². The number of methoxy groups -OCH3 is 3. The third kappa shape index (κ3) is 3.35. The number of ether oxygens (including phenoxy) is 4. The van der Waals surface area contributed by atoms with Gasteiger partial charge < -0.3 is 24.3 Å². The topological polar surface area (TPSA) is 79.7 Å². The summed E-state index contributed by atoms with van der Waals surface area (Å²) >= 11 is 0. The molecule has 182 valence electrons. The maximum Gasteiger partial charge on any atom is 0.226 e. The molecule has 0 fully saturated rings. The van der Waals surface area contributed by atoms with E-state index >= 15 is 0 Å². The van der Waals surface area contributed by atoms with E-state index in [1.807, 2.05) is 36.4 Å². The Kier molecular flexibility index (Phi) is 5.25. The molecule has 0 bridgehead atoms. The number of aromatic nitrogens is 3. The lowest BCUT2D eigenvalue weighted by molar-refractivity contribution is 0.221. The Balaban J connectivity index is 1.62. The molecule has 3 heterocycles. The number of para-hydroxylation sites is 1. The van der Waals surface area contributed by atoms with Gasteiger partial charge in [-0.1, -0.05) is 24.3 Å². The third-order valence-electron chi connectivity index (χ3n) is 6.50. The Morgan fingerprint density at radius 3 is 2.33 bits per heavy atom. The lowest BCUT2D eigenvalue weighted by atomic mass is 9.84. The van der Waals surface area contributed by atoms with Gasteiger partial charge in [-0.05, 0) is 42.0 Å². The molecule has 2 aliphatic rings. The number of hydrogen-bond acceptors (Lipinski definition) is 7. The number of nitrogens with one attached hydrogen (secondary N) is 1. The van der Waals surface area contributed by atoms with Gasteiger partial charge in [-0.25, -0.2) is 9.07 Å². The van der Waals surface area contributed by atoms with Crippen LogP contribution in [-0.2, 0) is 0 Å². The quantitative estimate of drug-likeness (QED) is 0.425. The molecule has 6 rings (SSSR count). The molecular weight excluding hydrogens is 463 g/mol. The highest BCUT2D eigenvalue weighted by Crippen LogP contribution is 2.52. The zero-order valence-corrected chi connectivity index (χ0v) is 19.9. The summed E-state index contributed by atoms with van der Waals surface area (Å²) < 4.78 is 39.1. The van der Waals surface area contributed by atoms with Crippen LogP contribution in [0.15, 0.2) is 72.6 Å². The van der Waals surface area contributed by atoms with Gasteiger partial charge in [0.05, 0.1) is 27.0 Å². The molecule has 0 saturated carbocycles. The number of nitrogens with zero attached hydrogens (tertiary/aromatic N) is 3. The van der Waals surface area contributed by atoms with E-state index in [1.165, 1.54) is 18.5 Å². The zero-order chi connectivity index (χ0) is 24.8. The second kappa shape index (κ2) is 8.60. The van der Waals surface area contributed by atoms with E-state index in [0.29, 0.717) is 28.9 Å². The van der Waals surface area contributed by atoms with Crippen LogP contribution >= 0.6 is 0 Å². The fraction of sp³-hybridized carbons (Fsp3) is 0.185. The SMILES string of the molecule is COc1cc([C@@H]2Oc3ccccc3C3=C2[C@@H](c2ccc(F)cc2)n2ncnc2N3)cc(OC)c1OC. The van der Waals surface area contributed by atoms with Crippen LogP contribution in [0.1, 0.15) is 28.8 Å². The fourth-order valence-corrected chi connectivity index (χ4v) is 4.91. The summed E-state index contributed by atoms with van der Waals surface area (Å²) in [4.78, 5) is 4.42. The summed E-state index contributed by atoms with van der Waals surface area (Å²) in [6.07, 6.45) is 0.946. The van der Waals surface area contributed by atoms with E-state index in [-0.39, 0.29) is 5.82 Å². The molecule has 0 saturated heterocycles. The summed E-state index contributed by atoms with van der Waals surface area (Å²) in [5.41, 5.74) is 4.30. The molecule has 2 aliphatic heterocycles. The zero-order valence-electron chi connectivity index (χ0n) is 19.9. The van der Waals surface area contributed by atoms with Crippen molar-refractivity contribution >= 4 is 11.6 Å². The minimum Gasteiger partial charge on any atom is -0.493 e. The van der Waals surface area contributed by atoms with Crippen LogP contribution in [0.25, 0.3) is 5.70 Å². The Morgan fingerprint density at radius 1 is 0.917 bits per heavy atom. The molecule has 0 amide bonds. The lowest BCUT2D eigenvalue weighted by Gasteiger charge is -2.39. The summed E-state index contributed by atoms with van der Waals surface area (Å²) in [5, 5.41) is 7.95. The number of benzene rings is 3. The normalized spacial score (nSPS) is 17.8. The number of rotatable bonds is 5. The maximum atomic E-state index is 13.9. The first-order chi connectivity index (χ1) is 17.6. The van der Waals surface area contributed by atoms with E-state index in [4.69, 9.17) is 18.9 Å². The van der Waals surface area contributed by atoms with Crippen LogP contribution in [0.5, 0.6) is 23.0 Å². The molecule has 0 aliphatic carbocycles. The van der Waals surface area contributed by atoms with E-state index < -0.39 is 12.1 Å². The van der Waals surface area contributed by atoms with E-state index in [2.05, 4.69) is 15.4 Å². The Hall–Kier alpha value is -4.53. The predicted molar refractivity (Wildman–Crippen MR) is 131 cm³/mol. The van der Waals surface area contributed by atoms with Crippen molar-refractivity contribution in [2.75, 3.05) is 26.6 Å². The first-order valence-corrected chi connectivity index (χ1v) is 11.3. The minimum absolute atomic E-state index is 0.313. The second-order valence-corrected chi connectivity index (χ2v) is 8.39. The number of halogens is 1. The van der Waals surface area contributed by atoms with E-state index in [9.17, 15) is 4.39 Å². The van der Waals surface area contributed by atoms with Gasteiger partial charge in [0.1, 0.15) is 30.0 Å². The first kappa shape index (κ1) is 22.0. The van der Waals surface area contributed by atoms with E-state index in [0.717, 1.165) is 28.0 Å². The minimum atomic E-state index is -0.552. The van der Waals surface area contributed by atoms with E-state index in [1.54, 1.807) is 38.1 Å². The summed E-state index contributed by atoms with van der Waals surface area (Å²) in [7, 11) is 4.72. The molecule has 9 heteroatoms. The smallest absolute Gasteiger partial charge is 0.226 e. The van der Waals surface area contributed by atoms with Gasteiger partial charge in [0, 0.05) is 16.7 Å². The Labute approximate surface area is 206 Å². The molecule has 0 unspecified atom stereocenters.